The second-order valence-corrected chi connectivity index (χ2v) is 5.51. The number of methoxy groups -OCH3 is 1. The minimum Gasteiger partial charge on any atom is -0.468 e. The number of nitrogens with zero attached hydrogens (tertiary/aromatic N) is 2. The van der Waals surface area contributed by atoms with Gasteiger partial charge in [0, 0.05) is 42.8 Å². The number of aromatic nitrogens is 1. The number of ether oxygens (including phenoxy) is 1. The Morgan fingerprint density at radius 3 is 2.60 bits per heavy atom. The van der Waals surface area contributed by atoms with E-state index in [0.717, 1.165) is 29.6 Å². The Morgan fingerprint density at radius 1 is 1.30 bits per heavy atom. The summed E-state index contributed by atoms with van der Waals surface area (Å²) in [6.07, 6.45) is 1.92. The summed E-state index contributed by atoms with van der Waals surface area (Å²) >= 11 is 0. The summed E-state index contributed by atoms with van der Waals surface area (Å²) in [6.45, 7) is 1.90. The molecule has 0 fully saturated rings. The SMILES string of the molecule is COC(=O)C(N)c1cn(C)c2cc3c(cc12)CN(C)C3. The fourth-order valence-electron chi connectivity index (χ4n) is 2.98. The lowest BCUT2D eigenvalue weighted by molar-refractivity contribution is -0.142. The van der Waals surface area contributed by atoms with Crippen molar-refractivity contribution in [2.45, 2.75) is 19.1 Å². The Kier molecular flexibility index (Phi) is 3.03. The van der Waals surface area contributed by atoms with E-state index in [1.165, 1.54) is 18.2 Å². The molecular formula is C15H19N3O2. The zero-order valence-electron chi connectivity index (χ0n) is 12.0. The third-order valence-electron chi connectivity index (χ3n) is 4.01. The normalized spacial score (nSPS) is 16.4. The summed E-state index contributed by atoms with van der Waals surface area (Å²) in [5.74, 6) is -0.407. The van der Waals surface area contributed by atoms with E-state index in [1.54, 1.807) is 0 Å². The fraction of sp³-hybridized carbons (Fsp3) is 0.400. The summed E-state index contributed by atoms with van der Waals surface area (Å²) < 4.78 is 6.77. The summed E-state index contributed by atoms with van der Waals surface area (Å²) in [6, 6.07) is 3.62. The number of carbonyl (C=O) groups excluding carboxylic acids is 1. The molecule has 2 heterocycles. The first-order valence-electron chi connectivity index (χ1n) is 6.64. The van der Waals surface area contributed by atoms with Crippen LogP contribution >= 0.6 is 0 Å². The van der Waals surface area contributed by atoms with Crippen molar-refractivity contribution in [1.82, 2.24) is 9.47 Å². The van der Waals surface area contributed by atoms with Gasteiger partial charge in [-0.3, -0.25) is 9.69 Å². The molecule has 1 aromatic heterocycles. The van der Waals surface area contributed by atoms with Gasteiger partial charge in [0.25, 0.3) is 0 Å². The molecule has 0 saturated heterocycles. The van der Waals surface area contributed by atoms with Crippen LogP contribution in [0.3, 0.4) is 0 Å². The van der Waals surface area contributed by atoms with Gasteiger partial charge in [-0.15, -0.1) is 0 Å². The Bertz CT molecular complexity index is 690. The number of benzene rings is 1. The van der Waals surface area contributed by atoms with Crippen LogP contribution in [0.2, 0.25) is 0 Å². The van der Waals surface area contributed by atoms with Gasteiger partial charge in [-0.25, -0.2) is 0 Å². The molecule has 0 spiro atoms. The summed E-state index contributed by atoms with van der Waals surface area (Å²) in [5.41, 5.74) is 10.6. The molecule has 1 unspecified atom stereocenters. The highest BCUT2D eigenvalue weighted by atomic mass is 16.5. The third kappa shape index (κ3) is 1.90. The number of rotatable bonds is 2. The van der Waals surface area contributed by atoms with Crippen LogP contribution in [0.4, 0.5) is 0 Å². The summed E-state index contributed by atoms with van der Waals surface area (Å²) in [5, 5.41) is 1.04. The van der Waals surface area contributed by atoms with Crippen molar-refractivity contribution in [3.63, 3.8) is 0 Å². The Balaban J connectivity index is 2.16. The number of hydrogen-bond acceptors (Lipinski definition) is 4. The van der Waals surface area contributed by atoms with Crippen LogP contribution in [-0.4, -0.2) is 29.6 Å². The summed E-state index contributed by atoms with van der Waals surface area (Å²) in [7, 11) is 5.44. The number of fused-ring (bicyclic) bond motifs is 2. The second kappa shape index (κ2) is 4.61. The van der Waals surface area contributed by atoms with Gasteiger partial charge in [0.15, 0.2) is 0 Å². The molecule has 0 radical (unpaired) electrons. The maximum Gasteiger partial charge on any atom is 0.327 e. The lowest BCUT2D eigenvalue weighted by atomic mass is 10.0. The molecule has 106 valence electrons. The molecule has 0 aliphatic carbocycles. The molecule has 1 atom stereocenters. The zero-order valence-corrected chi connectivity index (χ0v) is 12.0. The molecule has 0 amide bonds. The second-order valence-electron chi connectivity index (χ2n) is 5.51. The van der Waals surface area contributed by atoms with Gasteiger partial charge in [-0.2, -0.15) is 0 Å². The molecule has 2 aromatic rings. The topological polar surface area (TPSA) is 60.5 Å². The molecule has 0 saturated carbocycles. The van der Waals surface area contributed by atoms with Crippen LogP contribution in [0.1, 0.15) is 22.7 Å². The molecular weight excluding hydrogens is 254 g/mol. The van der Waals surface area contributed by atoms with Crippen molar-refractivity contribution in [2.75, 3.05) is 14.2 Å². The lowest BCUT2D eigenvalue weighted by Gasteiger charge is -2.08. The van der Waals surface area contributed by atoms with Crippen molar-refractivity contribution < 1.29 is 9.53 Å². The first-order chi connectivity index (χ1) is 9.51. The van der Waals surface area contributed by atoms with E-state index < -0.39 is 12.0 Å². The van der Waals surface area contributed by atoms with Crippen LogP contribution in [0, 0.1) is 0 Å². The van der Waals surface area contributed by atoms with E-state index in [1.807, 2.05) is 17.8 Å². The third-order valence-corrected chi connectivity index (χ3v) is 4.01. The molecule has 5 heteroatoms. The average Bonchev–Trinajstić information content (AvgIpc) is 2.94. The van der Waals surface area contributed by atoms with E-state index in [2.05, 4.69) is 24.1 Å². The standard InChI is InChI=1S/C15H19N3O2/c1-17-6-9-4-11-12(14(16)15(19)20-3)8-18(2)13(11)5-10(9)7-17/h4-5,8,14H,6-7,16H2,1-3H3. The van der Waals surface area contributed by atoms with Crippen LogP contribution < -0.4 is 5.73 Å². The van der Waals surface area contributed by atoms with Gasteiger partial charge in [-0.1, -0.05) is 0 Å². The maximum atomic E-state index is 11.7. The van der Waals surface area contributed by atoms with Crippen molar-refractivity contribution in [3.8, 4) is 0 Å². The van der Waals surface area contributed by atoms with Gasteiger partial charge in [-0.05, 0) is 30.3 Å². The number of esters is 1. The highest BCUT2D eigenvalue weighted by Crippen LogP contribution is 2.32. The number of carbonyl (C=O) groups is 1. The van der Waals surface area contributed by atoms with Crippen LogP contribution in [0.25, 0.3) is 10.9 Å². The zero-order chi connectivity index (χ0) is 14.4. The first kappa shape index (κ1) is 13.1. The average molecular weight is 273 g/mol. The predicted octanol–water partition coefficient (Wildman–Crippen LogP) is 1.30. The lowest BCUT2D eigenvalue weighted by Crippen LogP contribution is -2.22. The molecule has 0 bridgehead atoms. The van der Waals surface area contributed by atoms with Crippen molar-refractivity contribution in [2.24, 2.45) is 12.8 Å². The van der Waals surface area contributed by atoms with E-state index in [-0.39, 0.29) is 0 Å². The fourth-order valence-corrected chi connectivity index (χ4v) is 2.98. The molecule has 20 heavy (non-hydrogen) atoms. The number of aryl methyl sites for hydroxylation is 1. The Hall–Kier alpha value is -1.85. The smallest absolute Gasteiger partial charge is 0.327 e. The predicted molar refractivity (Wildman–Crippen MR) is 77.0 cm³/mol. The van der Waals surface area contributed by atoms with E-state index >= 15 is 0 Å². The van der Waals surface area contributed by atoms with E-state index in [4.69, 9.17) is 10.5 Å². The van der Waals surface area contributed by atoms with Crippen LogP contribution in [-0.2, 0) is 29.7 Å². The highest BCUT2D eigenvalue weighted by molar-refractivity contribution is 5.91. The van der Waals surface area contributed by atoms with Gasteiger partial charge in [0.1, 0.15) is 6.04 Å². The minimum absolute atomic E-state index is 0.407. The van der Waals surface area contributed by atoms with Gasteiger partial charge in [0.2, 0.25) is 0 Å². The monoisotopic (exact) mass is 273 g/mol. The molecule has 3 rings (SSSR count). The quantitative estimate of drug-likeness (QED) is 0.838. The summed E-state index contributed by atoms with van der Waals surface area (Å²) in [4.78, 5) is 14.0. The number of hydrogen-bond donors (Lipinski definition) is 1. The molecule has 1 aromatic carbocycles. The Labute approximate surface area is 117 Å². The van der Waals surface area contributed by atoms with Crippen LogP contribution in [0.5, 0.6) is 0 Å². The molecule has 5 nitrogen and oxygen atoms in total. The van der Waals surface area contributed by atoms with E-state index in [0.29, 0.717) is 0 Å². The van der Waals surface area contributed by atoms with Gasteiger partial charge in [0.05, 0.1) is 7.11 Å². The Morgan fingerprint density at radius 2 is 1.95 bits per heavy atom. The van der Waals surface area contributed by atoms with Gasteiger partial charge >= 0.3 is 5.97 Å². The van der Waals surface area contributed by atoms with E-state index in [9.17, 15) is 4.79 Å². The minimum atomic E-state index is -0.735. The molecule has 1 aliphatic heterocycles. The van der Waals surface area contributed by atoms with Crippen molar-refractivity contribution in [3.05, 3.63) is 35.0 Å². The maximum absolute atomic E-state index is 11.7. The van der Waals surface area contributed by atoms with Crippen molar-refractivity contribution in [1.29, 1.82) is 0 Å². The largest absolute Gasteiger partial charge is 0.468 e. The van der Waals surface area contributed by atoms with Crippen LogP contribution in [0.15, 0.2) is 18.3 Å². The molecule has 1 aliphatic rings. The molecule has 2 N–H and O–H groups in total. The van der Waals surface area contributed by atoms with Crippen molar-refractivity contribution >= 4 is 16.9 Å². The highest BCUT2D eigenvalue weighted by Gasteiger charge is 2.23. The first-order valence-corrected chi connectivity index (χ1v) is 6.64. The van der Waals surface area contributed by atoms with Gasteiger partial charge < -0.3 is 15.0 Å². The number of nitrogens with two attached hydrogens (primary N) is 1.